The van der Waals surface area contributed by atoms with Crippen LogP contribution in [0.3, 0.4) is 0 Å². The molecule has 29 heavy (non-hydrogen) atoms. The summed E-state index contributed by atoms with van der Waals surface area (Å²) >= 11 is 5.19. The molecule has 5 nitrogen and oxygen atoms in total. The molecule has 0 aromatic heterocycles. The summed E-state index contributed by atoms with van der Waals surface area (Å²) in [5.74, 6) is 0.313. The molecule has 0 spiro atoms. The highest BCUT2D eigenvalue weighted by atomic mass is 32.1. The number of hydrogen-bond donors (Lipinski definition) is 3. The SMILES string of the molecule is Cc1ccc(O)c(NC(=S)NC(=O)c2cccc(OCCc3ccccc3)c2)c1. The Hall–Kier alpha value is -3.38. The monoisotopic (exact) mass is 406 g/mol. The number of hydrogen-bond acceptors (Lipinski definition) is 4. The molecule has 0 saturated heterocycles. The maximum atomic E-state index is 12.5. The highest BCUT2D eigenvalue weighted by Gasteiger charge is 2.10. The number of aromatic hydroxyl groups is 1. The summed E-state index contributed by atoms with van der Waals surface area (Å²) in [5.41, 5.74) is 3.02. The lowest BCUT2D eigenvalue weighted by Crippen LogP contribution is -2.34. The normalized spacial score (nSPS) is 10.2. The average Bonchev–Trinajstić information content (AvgIpc) is 2.72. The minimum atomic E-state index is -0.358. The van der Waals surface area contributed by atoms with Gasteiger partial charge in [-0.3, -0.25) is 10.1 Å². The van der Waals surface area contributed by atoms with Crippen LogP contribution in [0.5, 0.6) is 11.5 Å². The highest BCUT2D eigenvalue weighted by molar-refractivity contribution is 7.80. The number of ether oxygens (including phenoxy) is 1. The Morgan fingerprint density at radius 2 is 1.83 bits per heavy atom. The zero-order valence-electron chi connectivity index (χ0n) is 16.0. The van der Waals surface area contributed by atoms with E-state index in [4.69, 9.17) is 17.0 Å². The zero-order chi connectivity index (χ0) is 20.6. The Morgan fingerprint density at radius 3 is 2.62 bits per heavy atom. The molecule has 6 heteroatoms. The van der Waals surface area contributed by atoms with Crippen molar-refractivity contribution < 1.29 is 14.6 Å². The van der Waals surface area contributed by atoms with Crippen molar-refractivity contribution >= 4 is 28.9 Å². The Balaban J connectivity index is 1.55. The first-order valence-corrected chi connectivity index (χ1v) is 9.61. The molecular weight excluding hydrogens is 384 g/mol. The quantitative estimate of drug-likeness (QED) is 0.417. The fraction of sp³-hybridized carbons (Fsp3) is 0.130. The summed E-state index contributed by atoms with van der Waals surface area (Å²) in [5, 5.41) is 15.4. The Kier molecular flexibility index (Phi) is 6.81. The molecule has 0 atom stereocenters. The summed E-state index contributed by atoms with van der Waals surface area (Å²) in [4.78, 5) is 12.5. The second-order valence-electron chi connectivity index (χ2n) is 6.54. The van der Waals surface area contributed by atoms with Gasteiger partial charge in [-0.05, 0) is 60.6 Å². The van der Waals surface area contributed by atoms with Crippen molar-refractivity contribution in [2.24, 2.45) is 0 Å². The number of carbonyl (C=O) groups excluding carboxylic acids is 1. The molecular formula is C23H22N2O3S. The molecule has 3 rings (SSSR count). The van der Waals surface area contributed by atoms with Crippen molar-refractivity contribution in [3.63, 3.8) is 0 Å². The third-order valence-electron chi connectivity index (χ3n) is 4.23. The van der Waals surface area contributed by atoms with Crippen LogP contribution in [0.4, 0.5) is 5.69 Å². The van der Waals surface area contributed by atoms with Crippen molar-refractivity contribution in [2.75, 3.05) is 11.9 Å². The lowest BCUT2D eigenvalue weighted by atomic mass is 10.2. The van der Waals surface area contributed by atoms with Crippen LogP contribution in [0.25, 0.3) is 0 Å². The van der Waals surface area contributed by atoms with Crippen molar-refractivity contribution in [2.45, 2.75) is 13.3 Å². The van der Waals surface area contributed by atoms with Crippen LogP contribution in [0, 0.1) is 6.92 Å². The van der Waals surface area contributed by atoms with E-state index >= 15 is 0 Å². The van der Waals surface area contributed by atoms with E-state index in [1.54, 1.807) is 36.4 Å². The van der Waals surface area contributed by atoms with E-state index in [-0.39, 0.29) is 16.8 Å². The van der Waals surface area contributed by atoms with E-state index in [2.05, 4.69) is 10.6 Å². The minimum Gasteiger partial charge on any atom is -0.506 e. The Bertz CT molecular complexity index is 1010. The van der Waals surface area contributed by atoms with E-state index < -0.39 is 0 Å². The molecule has 0 bridgehead atoms. The zero-order valence-corrected chi connectivity index (χ0v) is 16.8. The molecule has 0 fully saturated rings. The first-order valence-electron chi connectivity index (χ1n) is 9.20. The van der Waals surface area contributed by atoms with Crippen LogP contribution in [0.1, 0.15) is 21.5 Å². The summed E-state index contributed by atoms with van der Waals surface area (Å²) in [6.45, 7) is 2.41. The number of rotatable bonds is 6. The van der Waals surface area contributed by atoms with Gasteiger partial charge in [0.2, 0.25) is 0 Å². The second-order valence-corrected chi connectivity index (χ2v) is 6.95. The number of anilines is 1. The smallest absolute Gasteiger partial charge is 0.257 e. The van der Waals surface area contributed by atoms with E-state index in [0.29, 0.717) is 23.6 Å². The van der Waals surface area contributed by atoms with E-state index in [1.807, 2.05) is 43.3 Å². The molecule has 148 valence electrons. The second kappa shape index (κ2) is 9.71. The fourth-order valence-electron chi connectivity index (χ4n) is 2.74. The van der Waals surface area contributed by atoms with Gasteiger partial charge in [0.25, 0.3) is 5.91 Å². The molecule has 0 aliphatic rings. The third-order valence-corrected chi connectivity index (χ3v) is 4.43. The van der Waals surface area contributed by atoms with Crippen LogP contribution in [0.15, 0.2) is 72.8 Å². The van der Waals surface area contributed by atoms with Crippen LogP contribution < -0.4 is 15.4 Å². The maximum absolute atomic E-state index is 12.5. The number of carbonyl (C=O) groups is 1. The van der Waals surface area contributed by atoms with Gasteiger partial charge in [-0.25, -0.2) is 0 Å². The average molecular weight is 407 g/mol. The molecule has 3 aromatic rings. The number of aryl methyl sites for hydroxylation is 1. The first-order chi connectivity index (χ1) is 14.0. The standard InChI is InChI=1S/C23H22N2O3S/c1-16-10-11-21(26)20(14-16)24-23(29)25-22(27)18-8-5-9-19(15-18)28-13-12-17-6-3-2-4-7-17/h2-11,14-15,26H,12-13H2,1H3,(H2,24,25,27,29). The minimum absolute atomic E-state index is 0.0565. The fourth-order valence-corrected chi connectivity index (χ4v) is 2.94. The molecule has 0 saturated carbocycles. The van der Waals surface area contributed by atoms with Crippen molar-refractivity contribution in [3.8, 4) is 11.5 Å². The summed E-state index contributed by atoms with van der Waals surface area (Å²) in [6.07, 6.45) is 0.783. The van der Waals surface area contributed by atoms with Crippen molar-refractivity contribution in [1.29, 1.82) is 0 Å². The number of phenolic OH excluding ortho intramolecular Hbond substituents is 1. The van der Waals surface area contributed by atoms with E-state index in [1.165, 1.54) is 5.56 Å². The van der Waals surface area contributed by atoms with Crippen molar-refractivity contribution in [3.05, 3.63) is 89.5 Å². The number of amides is 1. The number of benzene rings is 3. The maximum Gasteiger partial charge on any atom is 0.257 e. The Labute approximate surface area is 175 Å². The van der Waals surface area contributed by atoms with Crippen LogP contribution >= 0.6 is 12.2 Å². The summed E-state index contributed by atoms with van der Waals surface area (Å²) in [6, 6.07) is 22.1. The number of thiocarbonyl (C=S) groups is 1. The molecule has 0 unspecified atom stereocenters. The number of phenols is 1. The molecule has 0 radical (unpaired) electrons. The predicted octanol–water partition coefficient (Wildman–Crippen LogP) is 4.45. The predicted molar refractivity (Wildman–Crippen MR) is 119 cm³/mol. The van der Waals surface area contributed by atoms with Gasteiger partial charge in [-0.15, -0.1) is 0 Å². The van der Waals surface area contributed by atoms with Crippen LogP contribution in [0.2, 0.25) is 0 Å². The molecule has 0 heterocycles. The van der Waals surface area contributed by atoms with Gasteiger partial charge in [-0.2, -0.15) is 0 Å². The van der Waals surface area contributed by atoms with Crippen LogP contribution in [-0.4, -0.2) is 22.7 Å². The van der Waals surface area contributed by atoms with Gasteiger partial charge >= 0.3 is 0 Å². The van der Waals surface area contributed by atoms with Gasteiger partial charge < -0.3 is 15.2 Å². The van der Waals surface area contributed by atoms with E-state index in [0.717, 1.165) is 12.0 Å². The van der Waals surface area contributed by atoms with Gasteiger partial charge in [0, 0.05) is 12.0 Å². The number of nitrogens with one attached hydrogen (secondary N) is 2. The van der Waals surface area contributed by atoms with Gasteiger partial charge in [0.15, 0.2) is 5.11 Å². The first kappa shape index (κ1) is 20.4. The molecule has 0 aliphatic carbocycles. The van der Waals surface area contributed by atoms with Crippen LogP contribution in [-0.2, 0) is 6.42 Å². The van der Waals surface area contributed by atoms with Gasteiger partial charge in [0.05, 0.1) is 12.3 Å². The third kappa shape index (κ3) is 6.05. The molecule has 0 aliphatic heterocycles. The largest absolute Gasteiger partial charge is 0.506 e. The lowest BCUT2D eigenvalue weighted by Gasteiger charge is -2.12. The molecule has 3 aromatic carbocycles. The van der Waals surface area contributed by atoms with Gasteiger partial charge in [0.1, 0.15) is 11.5 Å². The summed E-state index contributed by atoms with van der Waals surface area (Å²) in [7, 11) is 0. The lowest BCUT2D eigenvalue weighted by molar-refractivity contribution is 0.0977. The van der Waals surface area contributed by atoms with E-state index in [9.17, 15) is 9.90 Å². The molecule has 1 amide bonds. The summed E-state index contributed by atoms with van der Waals surface area (Å²) < 4.78 is 5.77. The highest BCUT2D eigenvalue weighted by Crippen LogP contribution is 2.23. The molecule has 3 N–H and O–H groups in total. The van der Waals surface area contributed by atoms with Crippen molar-refractivity contribution in [1.82, 2.24) is 5.32 Å². The topological polar surface area (TPSA) is 70.6 Å². The van der Waals surface area contributed by atoms with Gasteiger partial charge in [-0.1, -0.05) is 42.5 Å². The Morgan fingerprint density at radius 1 is 1.03 bits per heavy atom.